The summed E-state index contributed by atoms with van der Waals surface area (Å²) in [5.74, 6) is 1.06. The highest BCUT2D eigenvalue weighted by Crippen LogP contribution is 2.49. The van der Waals surface area contributed by atoms with Gasteiger partial charge in [0.25, 0.3) is 0 Å². The summed E-state index contributed by atoms with van der Waals surface area (Å²) < 4.78 is 31.0. The number of aromatic nitrogens is 4. The molecule has 0 spiro atoms. The molecule has 0 radical (unpaired) electrons. The summed E-state index contributed by atoms with van der Waals surface area (Å²) in [4.78, 5) is 34.5. The van der Waals surface area contributed by atoms with Crippen molar-refractivity contribution in [2.24, 2.45) is 6.98 Å². The largest absolute Gasteiger partial charge is 0.453 e. The lowest BCUT2D eigenvalue weighted by molar-refractivity contribution is 0.166. The van der Waals surface area contributed by atoms with Crippen molar-refractivity contribution >= 4 is 39.7 Å². The van der Waals surface area contributed by atoms with E-state index in [1.807, 2.05) is 18.2 Å². The van der Waals surface area contributed by atoms with Gasteiger partial charge in [-0.05, 0) is 55.2 Å². The summed E-state index contributed by atoms with van der Waals surface area (Å²) in [6.45, 7) is -0.420. The molecule has 0 bridgehead atoms. The molecular weight excluding hydrogens is 456 g/mol. The molecule has 3 heterocycles. The first kappa shape index (κ1) is 19.3. The monoisotopic (exact) mass is 489 g/mol. The molecule has 2 aliphatic rings. The Hall–Kier alpha value is -3.88. The molecule has 9 heteroatoms. The van der Waals surface area contributed by atoms with Crippen molar-refractivity contribution in [1.29, 1.82) is 0 Å². The fraction of sp³-hybridized carbons (Fsp3) is 0.407. The van der Waals surface area contributed by atoms with Gasteiger partial charge in [-0.2, -0.15) is 0 Å². The number of hydrogen-bond donors (Lipinski definition) is 2. The van der Waals surface area contributed by atoms with Gasteiger partial charge in [0.2, 0.25) is 0 Å². The van der Waals surface area contributed by atoms with Crippen LogP contribution in [0, 0.1) is 0 Å². The summed E-state index contributed by atoms with van der Waals surface area (Å²) in [5, 5.41) is 7.10. The fourth-order valence-corrected chi connectivity index (χ4v) is 5.38. The number of aryl methyl sites for hydroxylation is 1. The summed E-state index contributed by atoms with van der Waals surface area (Å²) in [5.41, 5.74) is 2.39. The van der Waals surface area contributed by atoms with Crippen molar-refractivity contribution in [3.05, 3.63) is 58.6 Å². The average molecular weight is 490 g/mol. The first-order valence-corrected chi connectivity index (χ1v) is 12.2. The second kappa shape index (κ2) is 8.36. The number of imidazole rings is 1. The van der Waals surface area contributed by atoms with E-state index in [0.29, 0.717) is 36.4 Å². The Morgan fingerprint density at radius 1 is 1.19 bits per heavy atom. The number of methoxy groups -OCH3 is 1. The Balaban J connectivity index is 1.38. The molecule has 9 nitrogen and oxygen atoms in total. The number of ether oxygens (including phenoxy) is 1. The van der Waals surface area contributed by atoms with Crippen LogP contribution in [0.1, 0.15) is 54.7 Å². The molecule has 2 aliphatic carbocycles. The number of rotatable bonds is 5. The van der Waals surface area contributed by atoms with Crippen LogP contribution in [0.3, 0.4) is 0 Å². The molecule has 186 valence electrons. The zero-order valence-corrected chi connectivity index (χ0v) is 20.2. The van der Waals surface area contributed by atoms with Gasteiger partial charge < -0.3 is 15.4 Å². The minimum atomic E-state index is -2.67. The van der Waals surface area contributed by atoms with Gasteiger partial charge in [0.05, 0.1) is 29.9 Å². The van der Waals surface area contributed by atoms with Crippen molar-refractivity contribution in [3.8, 4) is 0 Å². The van der Waals surface area contributed by atoms with Gasteiger partial charge in [0.1, 0.15) is 11.6 Å². The van der Waals surface area contributed by atoms with Gasteiger partial charge in [0.15, 0.2) is 0 Å². The smallest absolute Gasteiger partial charge is 0.407 e. The molecule has 3 aromatic heterocycles. The predicted molar refractivity (Wildman–Crippen MR) is 139 cm³/mol. The Kier molecular flexibility index (Phi) is 4.49. The Labute approximate surface area is 212 Å². The van der Waals surface area contributed by atoms with Gasteiger partial charge in [-0.3, -0.25) is 9.13 Å². The number of hydrogen-bond acceptors (Lipinski definition) is 6. The summed E-state index contributed by atoms with van der Waals surface area (Å²) in [6, 6.07) is 11.4. The van der Waals surface area contributed by atoms with Crippen LogP contribution in [-0.2, 0) is 17.1 Å². The van der Waals surface area contributed by atoms with Crippen LogP contribution in [-0.4, -0.2) is 38.3 Å². The minimum absolute atomic E-state index is 0.151. The molecule has 1 amide bonds. The minimum Gasteiger partial charge on any atom is -0.453 e. The maximum Gasteiger partial charge on any atom is 0.407 e. The lowest BCUT2D eigenvalue weighted by atomic mass is 9.95. The predicted octanol–water partition coefficient (Wildman–Crippen LogP) is 4.53. The number of para-hydroxylation sites is 1. The third-order valence-electron chi connectivity index (χ3n) is 7.66. The highest BCUT2D eigenvalue weighted by atomic mass is 16.5. The molecule has 2 saturated carbocycles. The Bertz CT molecular complexity index is 1660. The van der Waals surface area contributed by atoms with Crippen molar-refractivity contribution < 1.29 is 13.6 Å². The third-order valence-corrected chi connectivity index (χ3v) is 7.66. The summed E-state index contributed by atoms with van der Waals surface area (Å²) >= 11 is 0. The molecule has 2 atom stereocenters. The quantitative estimate of drug-likeness (QED) is 0.427. The molecule has 2 fully saturated rings. The molecule has 0 aliphatic heterocycles. The molecular formula is C27H30N6O3. The number of fused-ring (bicyclic) bond motifs is 2. The topological polar surface area (TPSA) is 103 Å². The molecule has 2 N–H and O–H groups in total. The van der Waals surface area contributed by atoms with E-state index in [4.69, 9.17) is 13.8 Å². The molecule has 1 aromatic carbocycles. The van der Waals surface area contributed by atoms with E-state index >= 15 is 0 Å². The van der Waals surface area contributed by atoms with Gasteiger partial charge in [0, 0.05) is 34.6 Å². The molecule has 0 saturated heterocycles. The number of carbonyl (C=O) groups excluding carboxylic acids is 1. The van der Waals surface area contributed by atoms with Crippen LogP contribution in [0.2, 0.25) is 0 Å². The normalized spacial score (nSPS) is 22.1. The number of pyridine rings is 2. The van der Waals surface area contributed by atoms with E-state index in [0.717, 1.165) is 28.3 Å². The highest BCUT2D eigenvalue weighted by Gasteiger charge is 2.40. The number of amides is 1. The Morgan fingerprint density at radius 2 is 2.06 bits per heavy atom. The van der Waals surface area contributed by atoms with Crippen LogP contribution in [0.4, 0.5) is 16.4 Å². The number of carbonyl (C=O) groups is 1. The van der Waals surface area contributed by atoms with Crippen molar-refractivity contribution in [2.45, 2.75) is 56.5 Å². The summed E-state index contributed by atoms with van der Waals surface area (Å²) in [7, 11) is 1.30. The maximum absolute atomic E-state index is 13.5. The van der Waals surface area contributed by atoms with Gasteiger partial charge in [-0.15, -0.1) is 0 Å². The molecule has 0 unspecified atom stereocenters. The van der Waals surface area contributed by atoms with Crippen molar-refractivity contribution in [3.63, 3.8) is 0 Å². The van der Waals surface area contributed by atoms with E-state index in [-0.39, 0.29) is 23.0 Å². The maximum atomic E-state index is 13.5. The zero-order valence-electron chi connectivity index (χ0n) is 23.2. The lowest BCUT2D eigenvalue weighted by Gasteiger charge is -2.15. The van der Waals surface area contributed by atoms with Gasteiger partial charge >= 0.3 is 11.8 Å². The Morgan fingerprint density at radius 3 is 2.83 bits per heavy atom. The van der Waals surface area contributed by atoms with Gasteiger partial charge in [-0.1, -0.05) is 25.1 Å². The van der Waals surface area contributed by atoms with Crippen LogP contribution in [0.5, 0.6) is 0 Å². The second-order valence-corrected chi connectivity index (χ2v) is 10.1. The van der Waals surface area contributed by atoms with Crippen LogP contribution >= 0.6 is 0 Å². The van der Waals surface area contributed by atoms with Crippen molar-refractivity contribution in [1.82, 2.24) is 24.4 Å². The van der Waals surface area contributed by atoms with E-state index in [1.165, 1.54) is 23.4 Å². The van der Waals surface area contributed by atoms with Crippen LogP contribution < -0.4 is 16.3 Å². The zero-order chi connectivity index (χ0) is 27.5. The van der Waals surface area contributed by atoms with E-state index in [9.17, 15) is 9.59 Å². The van der Waals surface area contributed by atoms with E-state index in [2.05, 4.69) is 34.7 Å². The molecule has 36 heavy (non-hydrogen) atoms. The molecule has 6 rings (SSSR count). The van der Waals surface area contributed by atoms with Crippen LogP contribution in [0.15, 0.2) is 47.4 Å². The second-order valence-electron chi connectivity index (χ2n) is 10.1. The first-order valence-electron chi connectivity index (χ1n) is 13.7. The first-order chi connectivity index (χ1) is 18.6. The van der Waals surface area contributed by atoms with E-state index in [1.54, 1.807) is 6.07 Å². The highest BCUT2D eigenvalue weighted by molar-refractivity contribution is 5.85. The standard InChI is InChI=1S/C27H30N6O3/c1-27(11-12-27)19-6-4-5-16-7-10-22(31-24(16)19)30-23-14-20-21(15-28-23)32(2)26(35)33(20)18-9-8-17(13-18)29-25(34)36-3/h4-7,10,14-15,17-18H,8-9,11-13H2,1-3H3,(H,29,34)(H,28,30,31)/t17-,18-/m1/s1/i2D3. The number of nitrogens with zero attached hydrogens (tertiary/aromatic N) is 4. The lowest BCUT2D eigenvalue weighted by Crippen LogP contribution is -2.33. The van der Waals surface area contributed by atoms with Gasteiger partial charge in [-0.25, -0.2) is 19.6 Å². The SMILES string of the molecule is [2H]C([2H])([2H])n1c(=O)n([C@@H]2CC[C@@H](NC(=O)OC)C2)c2cc(Nc3ccc4cccc(C5(C)CC5)c4n3)ncc21. The number of anilines is 2. The number of nitrogens with one attached hydrogen (secondary N) is 2. The fourth-order valence-electron chi connectivity index (χ4n) is 5.38. The average Bonchev–Trinajstić information content (AvgIpc) is 3.35. The van der Waals surface area contributed by atoms with E-state index < -0.39 is 18.8 Å². The number of alkyl carbamates (subject to hydrolysis) is 1. The summed E-state index contributed by atoms with van der Waals surface area (Å²) in [6.07, 6.45) is 4.89. The number of benzene rings is 1. The van der Waals surface area contributed by atoms with Crippen LogP contribution in [0.25, 0.3) is 21.9 Å². The third kappa shape index (κ3) is 3.79. The van der Waals surface area contributed by atoms with Crippen molar-refractivity contribution in [2.75, 3.05) is 12.4 Å². The molecule has 4 aromatic rings.